The third-order valence-electron chi connectivity index (χ3n) is 5.55. The summed E-state index contributed by atoms with van der Waals surface area (Å²) in [5, 5.41) is 1.41. The molecule has 4 aromatic rings. The second-order valence-electron chi connectivity index (χ2n) is 7.61. The average Bonchev–Trinajstić information content (AvgIpc) is 3.24. The minimum absolute atomic E-state index is 0.317. The maximum Gasteiger partial charge on any atom is 0.225 e. The Morgan fingerprint density at radius 3 is 2.35 bits per heavy atom. The van der Waals surface area contributed by atoms with E-state index in [0.717, 1.165) is 48.8 Å². The summed E-state index contributed by atoms with van der Waals surface area (Å²) in [6, 6.07) is 23.1. The summed E-state index contributed by atoms with van der Waals surface area (Å²) < 4.78 is 0. The van der Waals surface area contributed by atoms with E-state index in [9.17, 15) is 0 Å². The van der Waals surface area contributed by atoms with E-state index in [1.807, 2.05) is 12.1 Å². The van der Waals surface area contributed by atoms with E-state index in [-0.39, 0.29) is 0 Å². The van der Waals surface area contributed by atoms with Crippen molar-refractivity contribution < 1.29 is 0 Å². The van der Waals surface area contributed by atoms with Crippen LogP contribution >= 0.6 is 22.9 Å². The van der Waals surface area contributed by atoms with Gasteiger partial charge >= 0.3 is 0 Å². The fourth-order valence-corrected chi connectivity index (χ4v) is 5.16. The molecule has 0 saturated carbocycles. The Kier molecular flexibility index (Phi) is 5.98. The number of benzene rings is 2. The van der Waals surface area contributed by atoms with Crippen molar-refractivity contribution in [3.63, 3.8) is 0 Å². The highest BCUT2D eigenvalue weighted by Gasteiger charge is 2.21. The molecule has 1 fully saturated rings. The topological polar surface area (TPSA) is 32.3 Å². The van der Waals surface area contributed by atoms with Gasteiger partial charge in [0.15, 0.2) is 0 Å². The van der Waals surface area contributed by atoms with Crippen LogP contribution in [0.15, 0.2) is 72.8 Å². The number of fused-ring (bicyclic) bond motifs is 1. The first kappa shape index (κ1) is 20.2. The largest absolute Gasteiger partial charge is 0.353 e. The van der Waals surface area contributed by atoms with Gasteiger partial charge in [0.1, 0.15) is 10.6 Å². The van der Waals surface area contributed by atoms with Gasteiger partial charge in [-0.1, -0.05) is 72.8 Å². The third-order valence-corrected chi connectivity index (χ3v) is 6.80. The quantitative estimate of drug-likeness (QED) is 0.360. The van der Waals surface area contributed by atoms with Gasteiger partial charge in [0.05, 0.1) is 5.39 Å². The summed E-state index contributed by atoms with van der Waals surface area (Å²) in [6.07, 6.45) is 4.44. The highest BCUT2D eigenvalue weighted by atomic mass is 35.5. The van der Waals surface area contributed by atoms with Crippen LogP contribution in [0.2, 0.25) is 5.28 Å². The van der Waals surface area contributed by atoms with E-state index in [4.69, 9.17) is 11.6 Å². The number of hydrogen-bond donors (Lipinski definition) is 0. The van der Waals surface area contributed by atoms with Crippen LogP contribution in [0, 0.1) is 0 Å². The Bertz CT molecular complexity index is 1180. The van der Waals surface area contributed by atoms with Crippen LogP contribution in [0.4, 0.5) is 5.82 Å². The molecule has 0 unspecified atom stereocenters. The molecule has 31 heavy (non-hydrogen) atoms. The van der Waals surface area contributed by atoms with Gasteiger partial charge in [-0.25, -0.2) is 4.98 Å². The standard InChI is InChI=1S/C25H23ClN4S/c26-25-27-23(21-18-22(31-24(21)28-25)20-11-5-2-6-12-20)30-16-14-29(15-17-30)13-7-10-19-8-3-1-4-9-19/h1-12,18H,13-17H2/b10-7+. The molecule has 0 N–H and O–H groups in total. The van der Waals surface area contributed by atoms with Crippen molar-refractivity contribution in [2.45, 2.75) is 0 Å². The van der Waals surface area contributed by atoms with Gasteiger partial charge in [0, 0.05) is 37.6 Å². The minimum Gasteiger partial charge on any atom is -0.353 e. The molecule has 0 aliphatic carbocycles. The number of hydrogen-bond acceptors (Lipinski definition) is 5. The molecule has 2 aromatic heterocycles. The lowest BCUT2D eigenvalue weighted by Gasteiger charge is -2.35. The van der Waals surface area contributed by atoms with E-state index in [2.05, 4.69) is 86.5 Å². The summed E-state index contributed by atoms with van der Waals surface area (Å²) in [4.78, 5) is 16.1. The molecule has 3 heterocycles. The number of piperazine rings is 1. The lowest BCUT2D eigenvalue weighted by atomic mass is 10.2. The van der Waals surface area contributed by atoms with Gasteiger partial charge in [-0.2, -0.15) is 4.98 Å². The molecule has 0 amide bonds. The maximum atomic E-state index is 6.29. The molecule has 0 bridgehead atoms. The monoisotopic (exact) mass is 446 g/mol. The molecule has 1 aliphatic heterocycles. The maximum absolute atomic E-state index is 6.29. The fourth-order valence-electron chi connectivity index (χ4n) is 3.91. The predicted molar refractivity (Wildman–Crippen MR) is 132 cm³/mol. The first-order chi connectivity index (χ1) is 15.3. The summed E-state index contributed by atoms with van der Waals surface area (Å²) in [7, 11) is 0. The molecule has 1 aliphatic rings. The number of anilines is 1. The van der Waals surface area contributed by atoms with Crippen LogP contribution in [0.25, 0.3) is 26.7 Å². The van der Waals surface area contributed by atoms with Crippen LogP contribution in [-0.4, -0.2) is 47.6 Å². The van der Waals surface area contributed by atoms with Crippen LogP contribution < -0.4 is 4.90 Å². The van der Waals surface area contributed by atoms with Gasteiger partial charge in [-0.05, 0) is 28.8 Å². The Morgan fingerprint density at radius 2 is 1.61 bits per heavy atom. The van der Waals surface area contributed by atoms with E-state index in [1.165, 1.54) is 16.0 Å². The highest BCUT2D eigenvalue weighted by Crippen LogP contribution is 2.37. The molecule has 2 aromatic carbocycles. The van der Waals surface area contributed by atoms with E-state index >= 15 is 0 Å². The Balaban J connectivity index is 1.30. The predicted octanol–water partition coefficient (Wildman–Crippen LogP) is 5.85. The lowest BCUT2D eigenvalue weighted by Crippen LogP contribution is -2.46. The molecule has 156 valence electrons. The number of rotatable bonds is 5. The molecule has 0 radical (unpaired) electrons. The Morgan fingerprint density at radius 1 is 0.903 bits per heavy atom. The zero-order chi connectivity index (χ0) is 21.0. The first-order valence-electron chi connectivity index (χ1n) is 10.5. The lowest BCUT2D eigenvalue weighted by molar-refractivity contribution is 0.284. The first-order valence-corrected chi connectivity index (χ1v) is 11.7. The molecule has 5 rings (SSSR count). The van der Waals surface area contributed by atoms with E-state index in [0.29, 0.717) is 5.28 Å². The van der Waals surface area contributed by atoms with Crippen molar-refractivity contribution in [1.82, 2.24) is 14.9 Å². The third kappa shape index (κ3) is 4.64. The molecule has 6 heteroatoms. The zero-order valence-corrected chi connectivity index (χ0v) is 18.7. The summed E-state index contributed by atoms with van der Waals surface area (Å²) in [5.74, 6) is 0.952. The van der Waals surface area contributed by atoms with Crippen molar-refractivity contribution in [2.75, 3.05) is 37.6 Å². The number of thiophene rings is 1. The second kappa shape index (κ2) is 9.18. The number of halogens is 1. The number of nitrogens with zero attached hydrogens (tertiary/aromatic N) is 4. The minimum atomic E-state index is 0.317. The smallest absolute Gasteiger partial charge is 0.225 e. The van der Waals surface area contributed by atoms with Crippen LogP contribution in [0.3, 0.4) is 0 Å². The SMILES string of the molecule is Clc1nc(N2CCN(C/C=C/c3ccccc3)CC2)c2cc(-c3ccccc3)sc2n1. The normalized spacial score (nSPS) is 15.2. The van der Waals surface area contributed by atoms with E-state index < -0.39 is 0 Å². The van der Waals surface area contributed by atoms with Gasteiger partial charge in [0.25, 0.3) is 0 Å². The van der Waals surface area contributed by atoms with Gasteiger partial charge < -0.3 is 4.90 Å². The van der Waals surface area contributed by atoms with Crippen LogP contribution in [0.1, 0.15) is 5.56 Å². The molecular weight excluding hydrogens is 424 g/mol. The zero-order valence-electron chi connectivity index (χ0n) is 17.1. The van der Waals surface area contributed by atoms with Crippen LogP contribution in [-0.2, 0) is 0 Å². The summed E-state index contributed by atoms with van der Waals surface area (Å²) >= 11 is 7.96. The molecule has 0 atom stereocenters. The van der Waals surface area contributed by atoms with Crippen molar-refractivity contribution in [1.29, 1.82) is 0 Å². The van der Waals surface area contributed by atoms with Gasteiger partial charge in [-0.15, -0.1) is 11.3 Å². The average molecular weight is 447 g/mol. The molecule has 4 nitrogen and oxygen atoms in total. The van der Waals surface area contributed by atoms with E-state index in [1.54, 1.807) is 11.3 Å². The summed E-state index contributed by atoms with van der Waals surface area (Å²) in [5.41, 5.74) is 2.44. The summed E-state index contributed by atoms with van der Waals surface area (Å²) in [6.45, 7) is 4.81. The molecule has 0 spiro atoms. The number of aromatic nitrogens is 2. The van der Waals surface area contributed by atoms with Crippen molar-refractivity contribution >= 4 is 45.0 Å². The van der Waals surface area contributed by atoms with Gasteiger partial charge in [-0.3, -0.25) is 4.90 Å². The van der Waals surface area contributed by atoms with Gasteiger partial charge in [0.2, 0.25) is 5.28 Å². The van der Waals surface area contributed by atoms with Crippen molar-refractivity contribution in [3.8, 4) is 10.4 Å². The molecular formula is C25H23ClN4S. The Labute approximate surface area is 191 Å². The van der Waals surface area contributed by atoms with Crippen molar-refractivity contribution in [2.24, 2.45) is 0 Å². The second-order valence-corrected chi connectivity index (χ2v) is 8.98. The fraction of sp³-hybridized carbons (Fsp3) is 0.200. The van der Waals surface area contributed by atoms with Crippen LogP contribution in [0.5, 0.6) is 0 Å². The van der Waals surface area contributed by atoms with Crippen molar-refractivity contribution in [3.05, 3.63) is 83.7 Å². The highest BCUT2D eigenvalue weighted by molar-refractivity contribution is 7.22. The Hall–Kier alpha value is -2.73. The molecule has 1 saturated heterocycles.